The van der Waals surface area contributed by atoms with Gasteiger partial charge in [-0.25, -0.2) is 9.59 Å². The number of carbonyl (C=O) groups is 4. The van der Waals surface area contributed by atoms with Gasteiger partial charge in [0.1, 0.15) is 29.3 Å². The maximum atomic E-state index is 14.6. The molecule has 3 atom stereocenters. The Balaban J connectivity index is 2.66. The second kappa shape index (κ2) is 16.1. The van der Waals surface area contributed by atoms with Crippen LogP contribution >= 0.6 is 0 Å². The van der Waals surface area contributed by atoms with Crippen LogP contribution in [0, 0.1) is 19.8 Å². The Morgan fingerprint density at radius 3 is 1.76 bits per heavy atom. The number of amides is 3. The molecule has 0 saturated carbocycles. The van der Waals surface area contributed by atoms with Gasteiger partial charge in [0, 0.05) is 12.5 Å². The van der Waals surface area contributed by atoms with E-state index in [1.165, 1.54) is 4.90 Å². The fraction of sp³-hybridized carbons (Fsp3) is 0.568. The van der Waals surface area contributed by atoms with Crippen molar-refractivity contribution >= 4 is 23.9 Å². The molecule has 0 fully saturated rings. The number of nitrogens with one attached hydrogen (secondary N) is 2. The molecular formula is C37H55N3O6. The first-order valence-corrected chi connectivity index (χ1v) is 16.1. The molecule has 9 nitrogen and oxygen atoms in total. The number of aryl methyl sites for hydroxylation is 2. The van der Waals surface area contributed by atoms with Gasteiger partial charge >= 0.3 is 12.1 Å². The van der Waals surface area contributed by atoms with Gasteiger partial charge in [0.2, 0.25) is 11.8 Å². The fourth-order valence-electron chi connectivity index (χ4n) is 5.32. The molecule has 0 aliphatic rings. The summed E-state index contributed by atoms with van der Waals surface area (Å²) < 4.78 is 11.2. The van der Waals surface area contributed by atoms with E-state index in [9.17, 15) is 19.2 Å². The van der Waals surface area contributed by atoms with E-state index in [1.54, 1.807) is 41.5 Å². The quantitative estimate of drug-likeness (QED) is 0.254. The highest BCUT2D eigenvalue weighted by Gasteiger charge is 2.40. The zero-order valence-electron chi connectivity index (χ0n) is 29.8. The Morgan fingerprint density at radius 1 is 0.739 bits per heavy atom. The lowest BCUT2D eigenvalue weighted by molar-refractivity contribution is -0.159. The zero-order valence-corrected chi connectivity index (χ0v) is 29.8. The van der Waals surface area contributed by atoms with Crippen LogP contribution in [0.4, 0.5) is 4.79 Å². The lowest BCUT2D eigenvalue weighted by Gasteiger charge is -2.39. The Kier molecular flexibility index (Phi) is 13.4. The van der Waals surface area contributed by atoms with Gasteiger partial charge in [-0.1, -0.05) is 62.4 Å². The van der Waals surface area contributed by atoms with Crippen LogP contribution in [0.2, 0.25) is 0 Å². The van der Waals surface area contributed by atoms with Crippen LogP contribution in [0.3, 0.4) is 0 Å². The maximum Gasteiger partial charge on any atom is 0.408 e. The van der Waals surface area contributed by atoms with Crippen LogP contribution in [0.15, 0.2) is 48.5 Å². The van der Waals surface area contributed by atoms with E-state index in [1.807, 2.05) is 90.1 Å². The number of alkyl carbamates (subject to hydrolysis) is 1. The van der Waals surface area contributed by atoms with Crippen molar-refractivity contribution in [1.29, 1.82) is 0 Å². The van der Waals surface area contributed by atoms with E-state index in [0.717, 1.165) is 16.7 Å². The summed E-state index contributed by atoms with van der Waals surface area (Å²) in [5, 5.41) is 5.74. The highest BCUT2D eigenvalue weighted by atomic mass is 16.6. The van der Waals surface area contributed by atoms with Crippen LogP contribution in [0.1, 0.15) is 104 Å². The number of esters is 1. The molecule has 0 radical (unpaired) electrons. The van der Waals surface area contributed by atoms with Crippen molar-refractivity contribution in [2.75, 3.05) is 0 Å². The smallest absolute Gasteiger partial charge is 0.408 e. The van der Waals surface area contributed by atoms with E-state index in [-0.39, 0.29) is 12.3 Å². The summed E-state index contributed by atoms with van der Waals surface area (Å²) in [4.78, 5) is 57.1. The minimum Gasteiger partial charge on any atom is -0.458 e. The standard InChI is InChI=1S/C37H55N3O6/c1-23(2)21-28(39-35(44)46-37(10,11)12)33(42)40(24(3)4)31(30-25(5)17-16-18-26(30)6)32(41)38-29(34(43)45-36(7,8)9)22-27-19-14-13-15-20-27/h13-20,23-24,28-29,31H,21-22H2,1-12H3,(H,38,41)(H,39,44). The molecule has 46 heavy (non-hydrogen) atoms. The molecule has 0 aliphatic carbocycles. The van der Waals surface area contributed by atoms with E-state index in [4.69, 9.17) is 9.47 Å². The molecule has 0 aromatic heterocycles. The van der Waals surface area contributed by atoms with Crippen molar-refractivity contribution < 1.29 is 28.7 Å². The number of benzene rings is 2. The topological polar surface area (TPSA) is 114 Å². The molecule has 2 N–H and O–H groups in total. The average molecular weight is 638 g/mol. The molecule has 9 heteroatoms. The van der Waals surface area contributed by atoms with Gasteiger partial charge in [-0.3, -0.25) is 9.59 Å². The first kappa shape index (κ1) is 38.3. The number of ether oxygens (including phenoxy) is 2. The molecule has 254 valence electrons. The molecule has 3 unspecified atom stereocenters. The van der Waals surface area contributed by atoms with Crippen LogP contribution in [0.5, 0.6) is 0 Å². The van der Waals surface area contributed by atoms with Crippen molar-refractivity contribution in [2.24, 2.45) is 5.92 Å². The van der Waals surface area contributed by atoms with Gasteiger partial charge in [-0.2, -0.15) is 0 Å². The molecule has 0 heterocycles. The van der Waals surface area contributed by atoms with Gasteiger partial charge < -0.3 is 25.0 Å². The molecule has 2 rings (SSSR count). The highest BCUT2D eigenvalue weighted by molar-refractivity contribution is 5.94. The third-order valence-electron chi connectivity index (χ3n) is 7.14. The van der Waals surface area contributed by atoms with Gasteiger partial charge in [-0.15, -0.1) is 0 Å². The maximum absolute atomic E-state index is 14.6. The van der Waals surface area contributed by atoms with Crippen LogP contribution in [-0.4, -0.2) is 58.1 Å². The monoisotopic (exact) mass is 637 g/mol. The van der Waals surface area contributed by atoms with Crippen LogP contribution in [-0.2, 0) is 30.3 Å². The molecule has 2 aromatic rings. The average Bonchev–Trinajstić information content (AvgIpc) is 2.89. The summed E-state index contributed by atoms with van der Waals surface area (Å²) in [5.74, 6) is -1.47. The van der Waals surface area contributed by atoms with Gasteiger partial charge in [0.05, 0.1) is 0 Å². The lowest BCUT2D eigenvalue weighted by atomic mass is 9.91. The first-order chi connectivity index (χ1) is 21.2. The highest BCUT2D eigenvalue weighted by Crippen LogP contribution is 2.31. The van der Waals surface area contributed by atoms with Crippen molar-refractivity contribution in [2.45, 2.75) is 131 Å². The fourth-order valence-corrected chi connectivity index (χ4v) is 5.32. The third kappa shape index (κ3) is 11.8. The first-order valence-electron chi connectivity index (χ1n) is 16.1. The number of rotatable bonds is 12. The summed E-state index contributed by atoms with van der Waals surface area (Å²) in [6.45, 7) is 22.0. The van der Waals surface area contributed by atoms with Gasteiger partial charge in [-0.05, 0) is 104 Å². The van der Waals surface area contributed by atoms with E-state index < -0.39 is 59.2 Å². The summed E-state index contributed by atoms with van der Waals surface area (Å²) in [6.07, 6.45) is -0.180. The molecule has 0 saturated heterocycles. The molecule has 0 aliphatic heterocycles. The molecule has 0 spiro atoms. The van der Waals surface area contributed by atoms with Crippen molar-refractivity contribution in [3.8, 4) is 0 Å². The summed E-state index contributed by atoms with van der Waals surface area (Å²) in [5.41, 5.74) is 1.60. The summed E-state index contributed by atoms with van der Waals surface area (Å²) in [6, 6.07) is 11.5. The minimum atomic E-state index is -1.11. The SMILES string of the molecule is Cc1cccc(C)c1C(C(=O)NC(Cc1ccccc1)C(=O)OC(C)(C)C)N(C(=O)C(CC(C)C)NC(=O)OC(C)(C)C)C(C)C. The summed E-state index contributed by atoms with van der Waals surface area (Å²) >= 11 is 0. The largest absolute Gasteiger partial charge is 0.458 e. The van der Waals surface area contributed by atoms with Gasteiger partial charge in [0.25, 0.3) is 0 Å². The Bertz CT molecular complexity index is 1320. The van der Waals surface area contributed by atoms with Crippen molar-refractivity contribution in [1.82, 2.24) is 15.5 Å². The molecule has 3 amide bonds. The summed E-state index contributed by atoms with van der Waals surface area (Å²) in [7, 11) is 0. The predicted octanol–water partition coefficient (Wildman–Crippen LogP) is 6.59. The zero-order chi connectivity index (χ0) is 35.0. The van der Waals surface area contributed by atoms with Crippen LogP contribution < -0.4 is 10.6 Å². The number of hydrogen-bond donors (Lipinski definition) is 2. The van der Waals surface area contributed by atoms with Crippen molar-refractivity contribution in [3.05, 3.63) is 70.8 Å². The minimum absolute atomic E-state index is 0.0489. The van der Waals surface area contributed by atoms with Crippen molar-refractivity contribution in [3.63, 3.8) is 0 Å². The number of hydrogen-bond acceptors (Lipinski definition) is 6. The second-order valence-electron chi connectivity index (χ2n) is 14.7. The Morgan fingerprint density at radius 2 is 1.28 bits per heavy atom. The normalized spacial score (nSPS) is 13.9. The predicted molar refractivity (Wildman–Crippen MR) is 181 cm³/mol. The van der Waals surface area contributed by atoms with E-state index in [0.29, 0.717) is 12.0 Å². The second-order valence-corrected chi connectivity index (χ2v) is 14.7. The van der Waals surface area contributed by atoms with E-state index >= 15 is 0 Å². The lowest BCUT2D eigenvalue weighted by Crippen LogP contribution is -2.57. The van der Waals surface area contributed by atoms with E-state index in [2.05, 4.69) is 10.6 Å². The Hall–Kier alpha value is -3.88. The van der Waals surface area contributed by atoms with Crippen LogP contribution in [0.25, 0.3) is 0 Å². The van der Waals surface area contributed by atoms with Gasteiger partial charge in [0.15, 0.2) is 0 Å². The third-order valence-corrected chi connectivity index (χ3v) is 7.14. The molecule has 2 aromatic carbocycles. The number of carbonyl (C=O) groups excluding carboxylic acids is 4. The molecule has 0 bridgehead atoms. The Labute approximate surface area is 275 Å². The molecular weight excluding hydrogens is 582 g/mol. The number of nitrogens with zero attached hydrogens (tertiary/aromatic N) is 1.